The fourth-order valence-electron chi connectivity index (χ4n) is 10.2. The van der Waals surface area contributed by atoms with Crippen molar-refractivity contribution in [2.75, 3.05) is 0 Å². The van der Waals surface area contributed by atoms with Gasteiger partial charge in [-0.1, -0.05) is 170 Å². The number of amidine groups is 2. The summed E-state index contributed by atoms with van der Waals surface area (Å²) in [5, 5.41) is 10.7. The van der Waals surface area contributed by atoms with Crippen LogP contribution in [0.5, 0.6) is 0 Å². The molecule has 1 N–H and O–H groups in total. The van der Waals surface area contributed by atoms with Crippen molar-refractivity contribution in [3.05, 3.63) is 234 Å². The molecule has 5 nitrogen and oxygen atoms in total. The highest BCUT2D eigenvalue weighted by atomic mass is 16.3. The van der Waals surface area contributed by atoms with Crippen LogP contribution in [0.2, 0.25) is 0 Å². The molecule has 1 aliphatic heterocycles. The van der Waals surface area contributed by atoms with Gasteiger partial charge in [0.2, 0.25) is 0 Å². The molecule has 61 heavy (non-hydrogen) atoms. The van der Waals surface area contributed by atoms with Crippen LogP contribution in [0.1, 0.15) is 45.5 Å². The molecule has 0 spiro atoms. The molecule has 2 aliphatic rings. The standard InChI is InChI=1S/C56H36N4O/c1-4-17-34(18-5-1)54-57-55(35-19-6-2-7-20-35)59-56(58-54)44-28-16-30-46-49(44)43-32-31-36(33-47(43)61-46)48-38-23-10-11-24-39(38)50-40-25-12-13-26-41(40)51-42-27-14-15-29-45(42)60(53(51)52(48)50)37-21-8-3-9-22-37/h1-33,48,56H,(H,57,58,59). The molecule has 2 aromatic heterocycles. The van der Waals surface area contributed by atoms with Crippen LogP contribution in [0, 0.1) is 0 Å². The first-order valence-electron chi connectivity index (χ1n) is 20.9. The van der Waals surface area contributed by atoms with Crippen molar-refractivity contribution in [3.63, 3.8) is 0 Å². The summed E-state index contributed by atoms with van der Waals surface area (Å²) in [4.78, 5) is 10.5. The van der Waals surface area contributed by atoms with E-state index in [2.05, 4.69) is 174 Å². The van der Waals surface area contributed by atoms with E-state index >= 15 is 0 Å². The minimum Gasteiger partial charge on any atom is -0.456 e. The summed E-state index contributed by atoms with van der Waals surface area (Å²) >= 11 is 0. The highest BCUT2D eigenvalue weighted by Gasteiger charge is 2.36. The van der Waals surface area contributed by atoms with E-state index in [0.29, 0.717) is 0 Å². The Hall–Kier alpha value is -8.02. The van der Waals surface area contributed by atoms with Gasteiger partial charge in [-0.3, -0.25) is 0 Å². The first kappa shape index (κ1) is 33.9. The average molecular weight is 781 g/mol. The first-order valence-corrected chi connectivity index (χ1v) is 20.9. The topological polar surface area (TPSA) is 54.8 Å². The Morgan fingerprint density at radius 3 is 1.85 bits per heavy atom. The van der Waals surface area contributed by atoms with Crippen molar-refractivity contribution < 1.29 is 4.42 Å². The predicted octanol–water partition coefficient (Wildman–Crippen LogP) is 13.5. The molecule has 1 aliphatic carbocycles. The zero-order chi connectivity index (χ0) is 40.0. The number of benzene rings is 9. The quantitative estimate of drug-likeness (QED) is 0.189. The molecule has 0 amide bonds. The number of hydrogen-bond acceptors (Lipinski definition) is 4. The van der Waals surface area contributed by atoms with Crippen LogP contribution in [0.3, 0.4) is 0 Å². The van der Waals surface area contributed by atoms with Crippen LogP contribution in [-0.4, -0.2) is 16.2 Å². The van der Waals surface area contributed by atoms with Crippen LogP contribution in [0.4, 0.5) is 0 Å². The number of hydrogen-bond donors (Lipinski definition) is 1. The van der Waals surface area contributed by atoms with E-state index in [1.807, 2.05) is 36.4 Å². The fraction of sp³-hybridized carbons (Fsp3) is 0.0357. The zero-order valence-electron chi connectivity index (χ0n) is 33.0. The second-order valence-electron chi connectivity index (χ2n) is 16.0. The molecule has 1 atom stereocenters. The van der Waals surface area contributed by atoms with Crippen LogP contribution in [-0.2, 0) is 0 Å². The lowest BCUT2D eigenvalue weighted by Crippen LogP contribution is -2.36. The van der Waals surface area contributed by atoms with Crippen molar-refractivity contribution in [2.24, 2.45) is 9.98 Å². The average Bonchev–Trinajstić information content (AvgIpc) is 4.00. The van der Waals surface area contributed by atoms with E-state index in [9.17, 15) is 0 Å². The Kier molecular flexibility index (Phi) is 7.36. The molecule has 0 saturated heterocycles. The van der Waals surface area contributed by atoms with Gasteiger partial charge in [0.15, 0.2) is 6.17 Å². The fourth-order valence-corrected chi connectivity index (χ4v) is 10.2. The second-order valence-corrected chi connectivity index (χ2v) is 16.0. The number of para-hydroxylation sites is 2. The molecule has 13 rings (SSSR count). The minimum atomic E-state index is -0.481. The molecule has 1 unspecified atom stereocenters. The molecule has 286 valence electrons. The number of fused-ring (bicyclic) bond motifs is 13. The molecular formula is C56H36N4O. The van der Waals surface area contributed by atoms with Crippen LogP contribution in [0.25, 0.3) is 71.3 Å². The van der Waals surface area contributed by atoms with E-state index in [1.54, 1.807) is 0 Å². The molecule has 0 saturated carbocycles. The Balaban J connectivity index is 1.05. The third-order valence-electron chi connectivity index (χ3n) is 12.7. The van der Waals surface area contributed by atoms with Gasteiger partial charge in [-0.15, -0.1) is 0 Å². The van der Waals surface area contributed by atoms with Crippen LogP contribution >= 0.6 is 0 Å². The largest absolute Gasteiger partial charge is 0.456 e. The molecule has 5 heteroatoms. The van der Waals surface area contributed by atoms with Gasteiger partial charge in [-0.2, -0.15) is 0 Å². The Bertz CT molecular complexity index is 3560. The SMILES string of the molecule is c1ccc(C2=NC(c3cccc4oc5cc(C6c7ccccc7-c7c6c6c(c8ccccc78)c7ccccc7n6-c6ccccc6)ccc5c34)N=C(c3ccccc3)N2)cc1. The summed E-state index contributed by atoms with van der Waals surface area (Å²) in [6.45, 7) is 0. The Labute approximate surface area is 351 Å². The van der Waals surface area contributed by atoms with Gasteiger partial charge in [0.1, 0.15) is 22.8 Å². The number of furan rings is 1. The van der Waals surface area contributed by atoms with Gasteiger partial charge < -0.3 is 14.3 Å². The van der Waals surface area contributed by atoms with Gasteiger partial charge >= 0.3 is 0 Å². The second kappa shape index (κ2) is 13.2. The van der Waals surface area contributed by atoms with Gasteiger partial charge in [-0.25, -0.2) is 9.98 Å². The maximum absolute atomic E-state index is 6.86. The molecular weight excluding hydrogens is 745 g/mol. The summed E-state index contributed by atoms with van der Waals surface area (Å²) in [7, 11) is 0. The number of nitrogens with zero attached hydrogens (tertiary/aromatic N) is 3. The van der Waals surface area contributed by atoms with Gasteiger partial charge in [0.05, 0.1) is 11.0 Å². The van der Waals surface area contributed by atoms with E-state index in [1.165, 1.54) is 60.4 Å². The normalized spacial score (nSPS) is 15.0. The third-order valence-corrected chi connectivity index (χ3v) is 12.7. The lowest BCUT2D eigenvalue weighted by molar-refractivity contribution is 0.666. The third kappa shape index (κ3) is 5.07. The smallest absolute Gasteiger partial charge is 0.170 e. The van der Waals surface area contributed by atoms with Gasteiger partial charge in [0, 0.05) is 49.8 Å². The summed E-state index contributed by atoms with van der Waals surface area (Å²) in [6.07, 6.45) is -0.481. The first-order chi connectivity index (χ1) is 30.3. The molecule has 0 radical (unpaired) electrons. The van der Waals surface area contributed by atoms with E-state index in [-0.39, 0.29) is 5.92 Å². The van der Waals surface area contributed by atoms with Gasteiger partial charge in [0.25, 0.3) is 0 Å². The number of aromatic nitrogens is 1. The molecule has 0 bridgehead atoms. The molecule has 3 heterocycles. The monoisotopic (exact) mass is 780 g/mol. The van der Waals surface area contributed by atoms with E-state index in [0.717, 1.165) is 56.0 Å². The van der Waals surface area contributed by atoms with E-state index < -0.39 is 6.17 Å². The minimum absolute atomic E-state index is 0.0392. The number of aliphatic imine (C=N–C) groups is 2. The lowest BCUT2D eigenvalue weighted by Gasteiger charge is -2.22. The Morgan fingerprint density at radius 2 is 1.10 bits per heavy atom. The van der Waals surface area contributed by atoms with Gasteiger partial charge in [-0.05, 0) is 68.9 Å². The summed E-state index contributed by atoms with van der Waals surface area (Å²) in [5.74, 6) is 1.54. The summed E-state index contributed by atoms with van der Waals surface area (Å²) in [5.41, 5.74) is 14.7. The lowest BCUT2D eigenvalue weighted by atomic mass is 9.86. The summed E-state index contributed by atoms with van der Waals surface area (Å²) < 4.78 is 9.36. The van der Waals surface area contributed by atoms with Crippen LogP contribution in [0.15, 0.2) is 215 Å². The maximum Gasteiger partial charge on any atom is 0.170 e. The van der Waals surface area contributed by atoms with Crippen molar-refractivity contribution in [3.8, 4) is 16.8 Å². The van der Waals surface area contributed by atoms with Crippen molar-refractivity contribution >= 4 is 66.2 Å². The van der Waals surface area contributed by atoms with Crippen LogP contribution < -0.4 is 5.32 Å². The van der Waals surface area contributed by atoms with Crippen molar-refractivity contribution in [1.82, 2.24) is 9.88 Å². The molecule has 9 aromatic carbocycles. The highest BCUT2D eigenvalue weighted by molar-refractivity contribution is 6.27. The number of rotatable bonds is 5. The zero-order valence-corrected chi connectivity index (χ0v) is 33.0. The molecule has 0 fully saturated rings. The number of nitrogens with one attached hydrogen (secondary N) is 1. The predicted molar refractivity (Wildman–Crippen MR) is 250 cm³/mol. The summed E-state index contributed by atoms with van der Waals surface area (Å²) in [6, 6.07) is 71.4. The maximum atomic E-state index is 6.86. The highest BCUT2D eigenvalue weighted by Crippen LogP contribution is 2.56. The van der Waals surface area contributed by atoms with Crippen molar-refractivity contribution in [1.29, 1.82) is 0 Å². The van der Waals surface area contributed by atoms with E-state index in [4.69, 9.17) is 14.4 Å². The molecule has 11 aromatic rings. The Morgan fingerprint density at radius 1 is 0.475 bits per heavy atom. The van der Waals surface area contributed by atoms with Crippen molar-refractivity contribution in [2.45, 2.75) is 12.1 Å².